The molecule has 0 saturated carbocycles. The van der Waals surface area contributed by atoms with Crippen LogP contribution in [0.5, 0.6) is 0 Å². The van der Waals surface area contributed by atoms with Crippen LogP contribution in [0.3, 0.4) is 0 Å². The van der Waals surface area contributed by atoms with Gasteiger partial charge in [-0.25, -0.2) is 0 Å². The lowest BCUT2D eigenvalue weighted by molar-refractivity contribution is -0.120. The third-order valence-electron chi connectivity index (χ3n) is 2.85. The molecule has 21 heavy (non-hydrogen) atoms. The zero-order valence-corrected chi connectivity index (χ0v) is 13.1. The molecule has 6 heteroatoms. The van der Waals surface area contributed by atoms with E-state index in [1.165, 1.54) is 0 Å². The molecule has 0 saturated heterocycles. The second-order valence-electron chi connectivity index (χ2n) is 4.71. The normalized spacial score (nSPS) is 11.2. The lowest BCUT2D eigenvalue weighted by atomic mass is 10.4. The molecule has 1 heterocycles. The van der Waals surface area contributed by atoms with Crippen molar-refractivity contribution in [3.63, 3.8) is 0 Å². The summed E-state index contributed by atoms with van der Waals surface area (Å²) in [7, 11) is 0. The van der Waals surface area contributed by atoms with E-state index in [-0.39, 0.29) is 5.91 Å². The highest BCUT2D eigenvalue weighted by Gasteiger charge is 2.00. The Hall–Kier alpha value is -1.98. The third-order valence-corrected chi connectivity index (χ3v) is 2.85. The Morgan fingerprint density at radius 3 is 2.52 bits per heavy atom. The average Bonchev–Trinajstić information content (AvgIpc) is 2.98. The zero-order chi connectivity index (χ0) is 15.3. The highest BCUT2D eigenvalue weighted by Crippen LogP contribution is 1.88. The Labute approximate surface area is 127 Å². The molecule has 0 spiro atoms. The molecule has 0 unspecified atom stereocenters. The van der Waals surface area contributed by atoms with Gasteiger partial charge in [0.05, 0.1) is 6.54 Å². The first-order valence-electron chi connectivity index (χ1n) is 7.66. The Kier molecular flexibility index (Phi) is 8.75. The van der Waals surface area contributed by atoms with Crippen LogP contribution in [0.4, 0.5) is 0 Å². The molecule has 0 fully saturated rings. The van der Waals surface area contributed by atoms with Gasteiger partial charge in [0.25, 0.3) is 0 Å². The van der Waals surface area contributed by atoms with E-state index in [1.54, 1.807) is 0 Å². The van der Waals surface area contributed by atoms with E-state index in [2.05, 4.69) is 25.5 Å². The molecular formula is C15H27N5O. The molecule has 0 aliphatic carbocycles. The van der Waals surface area contributed by atoms with Gasteiger partial charge in [-0.3, -0.25) is 9.79 Å². The van der Waals surface area contributed by atoms with Gasteiger partial charge in [0, 0.05) is 45.0 Å². The minimum Gasteiger partial charge on any atom is -0.357 e. The van der Waals surface area contributed by atoms with Crippen molar-refractivity contribution in [2.75, 3.05) is 26.2 Å². The second kappa shape index (κ2) is 10.8. The van der Waals surface area contributed by atoms with E-state index in [1.807, 2.05) is 38.4 Å². The van der Waals surface area contributed by atoms with Crippen molar-refractivity contribution in [2.24, 2.45) is 4.99 Å². The molecule has 0 aliphatic heterocycles. The largest absolute Gasteiger partial charge is 0.357 e. The van der Waals surface area contributed by atoms with E-state index in [9.17, 15) is 4.79 Å². The molecule has 0 radical (unpaired) electrons. The fraction of sp³-hybridized carbons (Fsp3) is 0.600. The van der Waals surface area contributed by atoms with Crippen LogP contribution in [0, 0.1) is 0 Å². The molecule has 0 aliphatic rings. The summed E-state index contributed by atoms with van der Waals surface area (Å²) in [6.07, 6.45) is 5.44. The highest BCUT2D eigenvalue weighted by molar-refractivity contribution is 5.80. The standard InChI is InChI=1S/C15H27N5O/c1-3-8-17-14(21)7-9-18-15(16-4-2)19-10-13-20-11-5-6-12-20/h5-6,11-12H,3-4,7-10,13H2,1-2H3,(H,17,21)(H2,16,18,19). The fourth-order valence-corrected chi connectivity index (χ4v) is 1.79. The molecular weight excluding hydrogens is 266 g/mol. The maximum atomic E-state index is 11.5. The molecule has 1 amide bonds. The number of carbonyl (C=O) groups excluding carboxylic acids is 1. The summed E-state index contributed by atoms with van der Waals surface area (Å²) >= 11 is 0. The molecule has 0 atom stereocenters. The molecule has 1 aromatic rings. The van der Waals surface area contributed by atoms with Gasteiger partial charge in [-0.1, -0.05) is 6.92 Å². The van der Waals surface area contributed by atoms with E-state index in [0.29, 0.717) is 13.0 Å². The summed E-state index contributed by atoms with van der Waals surface area (Å²) in [5.41, 5.74) is 0. The van der Waals surface area contributed by atoms with Crippen LogP contribution < -0.4 is 16.0 Å². The molecule has 118 valence electrons. The monoisotopic (exact) mass is 293 g/mol. The van der Waals surface area contributed by atoms with Gasteiger partial charge in [0.15, 0.2) is 5.96 Å². The number of aromatic nitrogens is 1. The third kappa shape index (κ3) is 8.02. The SMILES string of the molecule is CCCNC(=O)CCN=C(NCC)NCCn1cccc1. The number of hydrogen-bond donors (Lipinski definition) is 3. The van der Waals surface area contributed by atoms with Crippen LogP contribution in [0.2, 0.25) is 0 Å². The number of rotatable bonds is 9. The van der Waals surface area contributed by atoms with Crippen LogP contribution in [0.15, 0.2) is 29.5 Å². The average molecular weight is 293 g/mol. The quantitative estimate of drug-likeness (QED) is 0.469. The maximum Gasteiger partial charge on any atom is 0.221 e. The Morgan fingerprint density at radius 2 is 1.86 bits per heavy atom. The number of nitrogens with zero attached hydrogens (tertiary/aromatic N) is 2. The fourth-order valence-electron chi connectivity index (χ4n) is 1.79. The van der Waals surface area contributed by atoms with Crippen molar-refractivity contribution in [1.82, 2.24) is 20.5 Å². The molecule has 1 rings (SSSR count). The van der Waals surface area contributed by atoms with E-state index < -0.39 is 0 Å². The lowest BCUT2D eigenvalue weighted by Gasteiger charge is -2.11. The predicted octanol–water partition coefficient (Wildman–Crippen LogP) is 0.960. The van der Waals surface area contributed by atoms with Crippen molar-refractivity contribution in [2.45, 2.75) is 33.2 Å². The van der Waals surface area contributed by atoms with Gasteiger partial charge in [-0.15, -0.1) is 0 Å². The molecule has 0 aromatic carbocycles. The first-order chi connectivity index (χ1) is 10.3. The van der Waals surface area contributed by atoms with Crippen LogP contribution in [-0.4, -0.2) is 42.6 Å². The summed E-state index contributed by atoms with van der Waals surface area (Å²) in [6, 6.07) is 4.02. The lowest BCUT2D eigenvalue weighted by Crippen LogP contribution is -2.39. The zero-order valence-electron chi connectivity index (χ0n) is 13.1. The van der Waals surface area contributed by atoms with Crippen molar-refractivity contribution in [1.29, 1.82) is 0 Å². The predicted molar refractivity (Wildman–Crippen MR) is 86.3 cm³/mol. The van der Waals surface area contributed by atoms with Gasteiger partial charge < -0.3 is 20.5 Å². The summed E-state index contributed by atoms with van der Waals surface area (Å²) in [5, 5.41) is 9.29. The minimum atomic E-state index is 0.0591. The summed E-state index contributed by atoms with van der Waals surface area (Å²) in [6.45, 7) is 7.77. The van der Waals surface area contributed by atoms with E-state index in [4.69, 9.17) is 0 Å². The molecule has 0 bridgehead atoms. The summed E-state index contributed by atoms with van der Waals surface area (Å²) in [4.78, 5) is 15.9. The summed E-state index contributed by atoms with van der Waals surface area (Å²) < 4.78 is 2.11. The smallest absolute Gasteiger partial charge is 0.221 e. The van der Waals surface area contributed by atoms with Crippen molar-refractivity contribution < 1.29 is 4.79 Å². The van der Waals surface area contributed by atoms with Crippen LogP contribution in [0.1, 0.15) is 26.7 Å². The first kappa shape index (κ1) is 17.1. The Morgan fingerprint density at radius 1 is 1.10 bits per heavy atom. The van der Waals surface area contributed by atoms with E-state index in [0.717, 1.165) is 38.6 Å². The molecule has 1 aromatic heterocycles. The van der Waals surface area contributed by atoms with Crippen molar-refractivity contribution in [3.05, 3.63) is 24.5 Å². The van der Waals surface area contributed by atoms with Crippen molar-refractivity contribution in [3.8, 4) is 0 Å². The number of aliphatic imine (C=N–C) groups is 1. The van der Waals surface area contributed by atoms with Crippen molar-refractivity contribution >= 4 is 11.9 Å². The van der Waals surface area contributed by atoms with Gasteiger partial charge in [0.1, 0.15) is 0 Å². The van der Waals surface area contributed by atoms with Gasteiger partial charge in [-0.2, -0.15) is 0 Å². The van der Waals surface area contributed by atoms with Gasteiger partial charge in [0.2, 0.25) is 5.91 Å². The number of amides is 1. The Balaban J connectivity index is 2.26. The molecule has 3 N–H and O–H groups in total. The Bertz CT molecular complexity index is 414. The first-order valence-corrected chi connectivity index (χ1v) is 7.66. The topological polar surface area (TPSA) is 70.4 Å². The summed E-state index contributed by atoms with van der Waals surface area (Å²) in [5.74, 6) is 0.816. The molecule has 6 nitrogen and oxygen atoms in total. The van der Waals surface area contributed by atoms with E-state index >= 15 is 0 Å². The van der Waals surface area contributed by atoms with Crippen LogP contribution in [-0.2, 0) is 11.3 Å². The van der Waals surface area contributed by atoms with Crippen LogP contribution in [0.25, 0.3) is 0 Å². The minimum absolute atomic E-state index is 0.0591. The maximum absolute atomic E-state index is 11.5. The van der Waals surface area contributed by atoms with Gasteiger partial charge in [-0.05, 0) is 25.5 Å². The number of carbonyl (C=O) groups is 1. The second-order valence-corrected chi connectivity index (χ2v) is 4.71. The number of guanidine groups is 1. The highest BCUT2D eigenvalue weighted by atomic mass is 16.1. The number of nitrogens with one attached hydrogen (secondary N) is 3. The number of hydrogen-bond acceptors (Lipinski definition) is 2. The van der Waals surface area contributed by atoms with Crippen LogP contribution >= 0.6 is 0 Å². The van der Waals surface area contributed by atoms with Gasteiger partial charge >= 0.3 is 0 Å².